The van der Waals surface area contributed by atoms with Crippen molar-refractivity contribution in [3.8, 4) is 6.01 Å². The summed E-state index contributed by atoms with van der Waals surface area (Å²) in [6.07, 6.45) is 5.29. The lowest BCUT2D eigenvalue weighted by Crippen LogP contribution is -2.47. The number of likely N-dealkylation sites (tertiary alicyclic amines) is 2. The van der Waals surface area contributed by atoms with Gasteiger partial charge in [0.25, 0.3) is 0 Å². The van der Waals surface area contributed by atoms with Crippen molar-refractivity contribution in [1.82, 2.24) is 34.4 Å². The zero-order valence-corrected chi connectivity index (χ0v) is 22.9. The minimum atomic E-state index is -0.00727. The average molecular weight is 529 g/mol. The summed E-state index contributed by atoms with van der Waals surface area (Å²) >= 11 is 0. The van der Waals surface area contributed by atoms with Crippen LogP contribution in [0.15, 0.2) is 43.1 Å². The van der Waals surface area contributed by atoms with Gasteiger partial charge in [-0.1, -0.05) is 32.6 Å². The standard InChI is InChI=1S/C29H36N8O2/c1-5-26(38)36-16-21(17-36)25-13-20-7-6-19(12-24(20)32-25)14-30-28-34-29(39-22-8-10-35(4)11-9-22)33-27-23(18(2)3)15-31-37(27)28/h5-7,12-13,15,18,21-22,32H,1,8-11,14,16-17H2,2-4H3,(H,30,33,34). The first-order valence-corrected chi connectivity index (χ1v) is 13.8. The fourth-order valence-corrected chi connectivity index (χ4v) is 5.39. The van der Waals surface area contributed by atoms with Crippen molar-refractivity contribution >= 4 is 28.4 Å². The van der Waals surface area contributed by atoms with Gasteiger partial charge in [-0.05, 0) is 55.0 Å². The fourth-order valence-electron chi connectivity index (χ4n) is 5.39. The van der Waals surface area contributed by atoms with Gasteiger partial charge in [-0.3, -0.25) is 4.79 Å². The Morgan fingerprint density at radius 3 is 2.77 bits per heavy atom. The molecule has 0 aliphatic carbocycles. The molecule has 1 amide bonds. The molecule has 2 saturated heterocycles. The first-order valence-electron chi connectivity index (χ1n) is 13.8. The van der Waals surface area contributed by atoms with Crippen molar-refractivity contribution in [3.63, 3.8) is 0 Å². The number of carbonyl (C=O) groups is 1. The lowest BCUT2D eigenvalue weighted by atomic mass is 9.96. The van der Waals surface area contributed by atoms with Gasteiger partial charge < -0.3 is 24.8 Å². The van der Waals surface area contributed by atoms with Crippen molar-refractivity contribution in [1.29, 1.82) is 0 Å². The van der Waals surface area contributed by atoms with Crippen molar-refractivity contribution in [2.75, 3.05) is 38.5 Å². The molecule has 2 fully saturated rings. The molecule has 3 aromatic heterocycles. The van der Waals surface area contributed by atoms with Crippen LogP contribution in [0.4, 0.5) is 5.95 Å². The number of benzene rings is 1. The van der Waals surface area contributed by atoms with Gasteiger partial charge in [0.15, 0.2) is 5.65 Å². The molecular weight excluding hydrogens is 492 g/mol. The number of hydrogen-bond acceptors (Lipinski definition) is 7. The third-order valence-corrected chi connectivity index (χ3v) is 7.90. The van der Waals surface area contributed by atoms with Crippen LogP contribution >= 0.6 is 0 Å². The molecule has 2 N–H and O–H groups in total. The van der Waals surface area contributed by atoms with E-state index >= 15 is 0 Å². The molecule has 39 heavy (non-hydrogen) atoms. The van der Waals surface area contributed by atoms with Gasteiger partial charge in [-0.2, -0.15) is 19.6 Å². The molecule has 4 aromatic rings. The number of anilines is 1. The molecule has 204 valence electrons. The average Bonchev–Trinajstić information content (AvgIpc) is 3.51. The number of ether oxygens (including phenoxy) is 1. The molecule has 0 radical (unpaired) electrons. The van der Waals surface area contributed by atoms with E-state index in [1.54, 1.807) is 4.52 Å². The zero-order valence-electron chi connectivity index (χ0n) is 22.9. The molecule has 2 aliphatic rings. The van der Waals surface area contributed by atoms with Crippen molar-refractivity contribution in [2.45, 2.75) is 51.2 Å². The number of aromatic nitrogens is 5. The van der Waals surface area contributed by atoms with E-state index in [4.69, 9.17) is 14.7 Å². The maximum Gasteiger partial charge on any atom is 0.322 e. The van der Waals surface area contributed by atoms with E-state index < -0.39 is 0 Å². The van der Waals surface area contributed by atoms with E-state index in [2.05, 4.69) is 72.0 Å². The maximum absolute atomic E-state index is 11.8. The first-order chi connectivity index (χ1) is 18.9. The summed E-state index contributed by atoms with van der Waals surface area (Å²) in [5.41, 5.74) is 5.21. The maximum atomic E-state index is 11.8. The second-order valence-corrected chi connectivity index (χ2v) is 11.1. The Bertz CT molecular complexity index is 1510. The Morgan fingerprint density at radius 1 is 1.23 bits per heavy atom. The molecule has 0 bridgehead atoms. The van der Waals surface area contributed by atoms with Gasteiger partial charge in [0.1, 0.15) is 6.10 Å². The Kier molecular flexibility index (Phi) is 6.72. The highest BCUT2D eigenvalue weighted by Crippen LogP contribution is 2.30. The topological polar surface area (TPSA) is 104 Å². The van der Waals surface area contributed by atoms with E-state index in [0.29, 0.717) is 24.4 Å². The summed E-state index contributed by atoms with van der Waals surface area (Å²) in [4.78, 5) is 29.0. The van der Waals surface area contributed by atoms with Crippen molar-refractivity contribution in [3.05, 3.63) is 59.9 Å². The minimum absolute atomic E-state index is 0.00727. The van der Waals surface area contributed by atoms with E-state index in [9.17, 15) is 4.79 Å². The molecule has 0 saturated carbocycles. The summed E-state index contributed by atoms with van der Waals surface area (Å²) < 4.78 is 8.04. The molecule has 5 heterocycles. The highest BCUT2D eigenvalue weighted by molar-refractivity contribution is 5.88. The van der Waals surface area contributed by atoms with Crippen LogP contribution in [0, 0.1) is 0 Å². The predicted molar refractivity (Wildman–Crippen MR) is 151 cm³/mol. The number of rotatable bonds is 8. The summed E-state index contributed by atoms with van der Waals surface area (Å²) in [7, 11) is 2.14. The summed E-state index contributed by atoms with van der Waals surface area (Å²) in [5.74, 6) is 1.22. The molecule has 0 atom stereocenters. The summed E-state index contributed by atoms with van der Waals surface area (Å²) in [5, 5.41) is 9.23. The molecular formula is C29H36N8O2. The Labute approximate surface area is 228 Å². The van der Waals surface area contributed by atoms with Crippen LogP contribution in [0.25, 0.3) is 16.6 Å². The molecule has 10 nitrogen and oxygen atoms in total. The number of piperidine rings is 1. The number of aromatic amines is 1. The van der Waals surface area contributed by atoms with Crippen LogP contribution in [0.3, 0.4) is 0 Å². The first kappa shape index (κ1) is 25.4. The second-order valence-electron chi connectivity index (χ2n) is 11.1. The molecule has 1 aromatic carbocycles. The van der Waals surface area contributed by atoms with Crippen LogP contribution in [-0.2, 0) is 11.3 Å². The number of nitrogens with one attached hydrogen (secondary N) is 2. The highest BCUT2D eigenvalue weighted by atomic mass is 16.5. The van der Waals surface area contributed by atoms with Crippen LogP contribution in [0.5, 0.6) is 6.01 Å². The predicted octanol–water partition coefficient (Wildman–Crippen LogP) is 3.93. The van der Waals surface area contributed by atoms with Gasteiger partial charge in [0, 0.05) is 55.4 Å². The second kappa shape index (κ2) is 10.3. The minimum Gasteiger partial charge on any atom is -0.460 e. The summed E-state index contributed by atoms with van der Waals surface area (Å²) in [6, 6.07) is 9.00. The van der Waals surface area contributed by atoms with Crippen LogP contribution < -0.4 is 10.1 Å². The Hall–Kier alpha value is -3.92. The number of fused-ring (bicyclic) bond motifs is 2. The molecule has 10 heteroatoms. The van der Waals surface area contributed by atoms with Gasteiger partial charge in [0.2, 0.25) is 11.9 Å². The zero-order chi connectivity index (χ0) is 27.1. The number of hydrogen-bond donors (Lipinski definition) is 2. The molecule has 2 aliphatic heterocycles. The fraction of sp³-hybridized carbons (Fsp3) is 0.448. The molecule has 0 unspecified atom stereocenters. The number of nitrogens with zero attached hydrogens (tertiary/aromatic N) is 6. The van der Waals surface area contributed by atoms with Gasteiger partial charge >= 0.3 is 6.01 Å². The monoisotopic (exact) mass is 528 g/mol. The van der Waals surface area contributed by atoms with E-state index in [1.165, 1.54) is 6.08 Å². The van der Waals surface area contributed by atoms with Crippen molar-refractivity contribution < 1.29 is 9.53 Å². The normalized spacial score (nSPS) is 17.2. The third kappa shape index (κ3) is 5.08. The lowest BCUT2D eigenvalue weighted by molar-refractivity contribution is -0.130. The number of amides is 1. The highest BCUT2D eigenvalue weighted by Gasteiger charge is 2.31. The lowest BCUT2D eigenvalue weighted by Gasteiger charge is -2.38. The number of H-pyrrole nitrogens is 1. The smallest absolute Gasteiger partial charge is 0.322 e. The number of carbonyl (C=O) groups excluding carboxylic acids is 1. The Morgan fingerprint density at radius 2 is 2.03 bits per heavy atom. The largest absolute Gasteiger partial charge is 0.460 e. The molecule has 6 rings (SSSR count). The van der Waals surface area contributed by atoms with Gasteiger partial charge in [-0.25, -0.2) is 0 Å². The summed E-state index contributed by atoms with van der Waals surface area (Å²) in [6.45, 7) is 11.9. The Balaban J connectivity index is 1.20. The van der Waals surface area contributed by atoms with Gasteiger partial charge in [-0.15, -0.1) is 0 Å². The van der Waals surface area contributed by atoms with E-state index in [1.807, 2.05) is 11.1 Å². The van der Waals surface area contributed by atoms with Crippen LogP contribution in [0.1, 0.15) is 55.3 Å². The third-order valence-electron chi connectivity index (χ3n) is 7.90. The van der Waals surface area contributed by atoms with Crippen LogP contribution in [0.2, 0.25) is 0 Å². The van der Waals surface area contributed by atoms with E-state index in [-0.39, 0.29) is 17.9 Å². The van der Waals surface area contributed by atoms with Crippen LogP contribution in [-0.4, -0.2) is 79.6 Å². The SMILES string of the molecule is C=CC(=O)N1CC(c2cc3ccc(CNc4nc(OC5CCN(C)CC5)nc5c(C(C)C)cnn45)cc3[nH]2)C1. The van der Waals surface area contributed by atoms with Crippen molar-refractivity contribution in [2.24, 2.45) is 0 Å². The van der Waals surface area contributed by atoms with E-state index in [0.717, 1.165) is 72.4 Å². The molecule has 0 spiro atoms. The quantitative estimate of drug-likeness (QED) is 0.334. The van der Waals surface area contributed by atoms with Gasteiger partial charge in [0.05, 0.1) is 6.20 Å².